The third-order valence-electron chi connectivity index (χ3n) is 4.34. The van der Waals surface area contributed by atoms with E-state index in [1.807, 2.05) is 6.07 Å². The maximum Gasteiger partial charge on any atom is 0.573 e. The molecule has 1 aromatic heterocycles. The molecule has 0 aliphatic carbocycles. The number of nitrogen functional groups attached to an aromatic ring is 1. The highest BCUT2D eigenvalue weighted by atomic mass is 35.5. The Kier molecular flexibility index (Phi) is 5.56. The van der Waals surface area contributed by atoms with Crippen molar-refractivity contribution >= 4 is 28.5 Å². The Hall–Kier alpha value is -3.52. The van der Waals surface area contributed by atoms with Crippen LogP contribution in [-0.2, 0) is 6.61 Å². The van der Waals surface area contributed by atoms with E-state index in [9.17, 15) is 13.2 Å². The van der Waals surface area contributed by atoms with E-state index in [1.165, 1.54) is 24.3 Å². The minimum atomic E-state index is -4.72. The normalized spacial score (nSPS) is 11.5. The van der Waals surface area contributed by atoms with Gasteiger partial charge in [-0.25, -0.2) is 9.97 Å². The Bertz CT molecular complexity index is 1230. The molecule has 4 rings (SSSR count). The predicted octanol–water partition coefficient (Wildman–Crippen LogP) is 6.01. The lowest BCUT2D eigenvalue weighted by Gasteiger charge is -2.11. The molecule has 5 nitrogen and oxygen atoms in total. The maximum atomic E-state index is 12.3. The average Bonchev–Trinajstić information content (AvgIpc) is 2.72. The van der Waals surface area contributed by atoms with Gasteiger partial charge in [-0.3, -0.25) is 0 Å². The number of hydrogen-bond acceptors (Lipinski definition) is 5. The molecule has 31 heavy (non-hydrogen) atoms. The van der Waals surface area contributed by atoms with E-state index in [1.54, 1.807) is 36.4 Å². The number of anilines is 1. The molecule has 2 N–H and O–H groups in total. The van der Waals surface area contributed by atoms with Gasteiger partial charge in [-0.2, -0.15) is 0 Å². The summed E-state index contributed by atoms with van der Waals surface area (Å²) < 4.78 is 46.4. The van der Waals surface area contributed by atoms with Crippen LogP contribution in [0.4, 0.5) is 19.1 Å². The van der Waals surface area contributed by atoms with Crippen LogP contribution in [0.3, 0.4) is 0 Å². The van der Waals surface area contributed by atoms with E-state index in [-0.39, 0.29) is 18.3 Å². The first-order valence-corrected chi connectivity index (χ1v) is 9.45. The zero-order valence-corrected chi connectivity index (χ0v) is 16.6. The number of benzene rings is 3. The van der Waals surface area contributed by atoms with Gasteiger partial charge in [0.25, 0.3) is 0 Å². The highest BCUT2D eigenvalue weighted by Gasteiger charge is 2.30. The monoisotopic (exact) mass is 445 g/mol. The number of ether oxygens (including phenoxy) is 2. The fourth-order valence-corrected chi connectivity index (χ4v) is 3.20. The van der Waals surface area contributed by atoms with Crippen molar-refractivity contribution in [1.82, 2.24) is 9.97 Å². The smallest absolute Gasteiger partial charge is 0.489 e. The first kappa shape index (κ1) is 20.7. The van der Waals surface area contributed by atoms with Gasteiger partial charge in [0.15, 0.2) is 0 Å². The Balaban J connectivity index is 1.55. The summed E-state index contributed by atoms with van der Waals surface area (Å²) >= 11 is 6.13. The summed E-state index contributed by atoms with van der Waals surface area (Å²) in [6.07, 6.45) is -4.72. The molecular weight excluding hydrogens is 431 g/mol. The molecule has 158 valence electrons. The van der Waals surface area contributed by atoms with Crippen LogP contribution in [0, 0.1) is 0 Å². The molecule has 3 aromatic carbocycles. The van der Waals surface area contributed by atoms with E-state index in [4.69, 9.17) is 22.1 Å². The Morgan fingerprint density at radius 3 is 2.42 bits per heavy atom. The van der Waals surface area contributed by atoms with Gasteiger partial charge in [-0.05, 0) is 48.0 Å². The number of alkyl halides is 3. The van der Waals surface area contributed by atoms with Gasteiger partial charge in [0.1, 0.15) is 18.1 Å². The number of fused-ring (bicyclic) bond motifs is 1. The third-order valence-corrected chi connectivity index (χ3v) is 4.58. The van der Waals surface area contributed by atoms with Crippen molar-refractivity contribution in [3.8, 4) is 22.8 Å². The molecule has 4 aromatic rings. The standard InChI is InChI=1S/C22H15ClF3N3O2/c23-15-6-9-19-18(11-15)20(29-21(27)28-19)14-2-1-3-17(10-14)30-12-13-4-7-16(8-5-13)31-22(24,25)26/h1-11H,12H2,(H2,27,28,29). The first-order valence-electron chi connectivity index (χ1n) is 9.07. The second-order valence-electron chi connectivity index (χ2n) is 6.60. The van der Waals surface area contributed by atoms with Crippen molar-refractivity contribution in [3.05, 3.63) is 77.3 Å². The van der Waals surface area contributed by atoms with E-state index < -0.39 is 6.36 Å². The van der Waals surface area contributed by atoms with Gasteiger partial charge in [-0.15, -0.1) is 13.2 Å². The molecule has 0 saturated heterocycles. The molecule has 0 bridgehead atoms. The summed E-state index contributed by atoms with van der Waals surface area (Å²) in [5.74, 6) is 0.405. The molecule has 0 saturated carbocycles. The number of aromatic nitrogens is 2. The molecule has 0 radical (unpaired) electrons. The van der Waals surface area contributed by atoms with Crippen LogP contribution in [-0.4, -0.2) is 16.3 Å². The van der Waals surface area contributed by atoms with E-state index in [0.29, 0.717) is 27.5 Å². The molecule has 0 aliphatic heterocycles. The number of nitrogens with two attached hydrogens (primary N) is 1. The van der Waals surface area contributed by atoms with Gasteiger partial charge in [0.2, 0.25) is 5.95 Å². The van der Waals surface area contributed by atoms with Crippen molar-refractivity contribution in [2.24, 2.45) is 0 Å². The zero-order valence-electron chi connectivity index (χ0n) is 15.9. The topological polar surface area (TPSA) is 70.3 Å². The maximum absolute atomic E-state index is 12.3. The van der Waals surface area contributed by atoms with Crippen LogP contribution < -0.4 is 15.2 Å². The molecule has 0 fully saturated rings. The third kappa shape index (κ3) is 5.16. The van der Waals surface area contributed by atoms with Crippen LogP contribution in [0.5, 0.6) is 11.5 Å². The second-order valence-corrected chi connectivity index (χ2v) is 7.04. The summed E-state index contributed by atoms with van der Waals surface area (Å²) in [5, 5.41) is 1.30. The van der Waals surface area contributed by atoms with Crippen LogP contribution in [0.2, 0.25) is 5.02 Å². The van der Waals surface area contributed by atoms with E-state index in [0.717, 1.165) is 10.9 Å². The highest BCUT2D eigenvalue weighted by molar-refractivity contribution is 6.31. The molecule has 0 atom stereocenters. The number of nitrogens with zero attached hydrogens (tertiary/aromatic N) is 2. The quantitative estimate of drug-likeness (QED) is 0.407. The Labute approximate surface area is 180 Å². The molecular formula is C22H15ClF3N3O2. The molecule has 0 unspecified atom stereocenters. The largest absolute Gasteiger partial charge is 0.573 e. The predicted molar refractivity (Wildman–Crippen MR) is 112 cm³/mol. The summed E-state index contributed by atoms with van der Waals surface area (Å²) in [6.45, 7) is 0.161. The van der Waals surface area contributed by atoms with Crippen LogP contribution in [0.15, 0.2) is 66.7 Å². The van der Waals surface area contributed by atoms with Gasteiger partial charge < -0.3 is 15.2 Å². The highest BCUT2D eigenvalue weighted by Crippen LogP contribution is 2.31. The number of hydrogen-bond donors (Lipinski definition) is 1. The minimum Gasteiger partial charge on any atom is -0.489 e. The molecule has 0 spiro atoms. The molecule has 9 heteroatoms. The van der Waals surface area contributed by atoms with Crippen molar-refractivity contribution in [2.45, 2.75) is 13.0 Å². The van der Waals surface area contributed by atoms with E-state index in [2.05, 4.69) is 14.7 Å². The molecule has 0 aliphatic rings. The fraction of sp³-hybridized carbons (Fsp3) is 0.0909. The van der Waals surface area contributed by atoms with Crippen molar-refractivity contribution in [3.63, 3.8) is 0 Å². The molecule has 0 amide bonds. The first-order chi connectivity index (χ1) is 14.8. The zero-order chi connectivity index (χ0) is 22.0. The van der Waals surface area contributed by atoms with Crippen LogP contribution >= 0.6 is 11.6 Å². The number of halogens is 4. The van der Waals surface area contributed by atoms with Gasteiger partial charge in [-0.1, -0.05) is 35.9 Å². The van der Waals surface area contributed by atoms with Crippen molar-refractivity contribution in [1.29, 1.82) is 0 Å². The van der Waals surface area contributed by atoms with Gasteiger partial charge >= 0.3 is 6.36 Å². The lowest BCUT2D eigenvalue weighted by molar-refractivity contribution is -0.274. The van der Waals surface area contributed by atoms with Crippen molar-refractivity contribution in [2.75, 3.05) is 5.73 Å². The second kappa shape index (κ2) is 8.31. The Morgan fingerprint density at radius 2 is 1.68 bits per heavy atom. The average molecular weight is 446 g/mol. The van der Waals surface area contributed by atoms with Crippen LogP contribution in [0.1, 0.15) is 5.56 Å². The summed E-state index contributed by atoms with van der Waals surface area (Å²) in [4.78, 5) is 8.58. The van der Waals surface area contributed by atoms with Crippen molar-refractivity contribution < 1.29 is 22.6 Å². The Morgan fingerprint density at radius 1 is 0.903 bits per heavy atom. The fourth-order valence-electron chi connectivity index (χ4n) is 3.03. The summed E-state index contributed by atoms with van der Waals surface area (Å²) in [5.41, 5.74) is 8.58. The number of rotatable bonds is 5. The van der Waals surface area contributed by atoms with Gasteiger partial charge in [0.05, 0.1) is 11.2 Å². The minimum absolute atomic E-state index is 0.136. The van der Waals surface area contributed by atoms with E-state index >= 15 is 0 Å². The summed E-state index contributed by atoms with van der Waals surface area (Å²) in [6, 6.07) is 18.0. The summed E-state index contributed by atoms with van der Waals surface area (Å²) in [7, 11) is 0. The SMILES string of the molecule is Nc1nc(-c2cccc(OCc3ccc(OC(F)(F)F)cc3)c2)c2cc(Cl)ccc2n1. The van der Waals surface area contributed by atoms with Crippen LogP contribution in [0.25, 0.3) is 22.2 Å². The lowest BCUT2D eigenvalue weighted by atomic mass is 10.1. The lowest BCUT2D eigenvalue weighted by Crippen LogP contribution is -2.17. The van der Waals surface area contributed by atoms with Gasteiger partial charge in [0, 0.05) is 16.0 Å². The molecule has 1 heterocycles.